The van der Waals surface area contributed by atoms with Crippen LogP contribution in [-0.2, 0) is 19.2 Å². The Morgan fingerprint density at radius 1 is 1.09 bits per heavy atom. The lowest BCUT2D eigenvalue weighted by Gasteiger charge is -2.47. The fourth-order valence-electron chi connectivity index (χ4n) is 6.43. The second kappa shape index (κ2) is 12.6. The Balaban J connectivity index is 1.81. The van der Waals surface area contributed by atoms with E-state index in [4.69, 9.17) is 9.52 Å². The summed E-state index contributed by atoms with van der Waals surface area (Å²) in [7, 11) is -5.82. The van der Waals surface area contributed by atoms with Gasteiger partial charge in [0.2, 0.25) is 0 Å². The first-order chi connectivity index (χ1) is 20.3. The third-order valence-corrected chi connectivity index (χ3v) is 10.5. The van der Waals surface area contributed by atoms with Crippen molar-refractivity contribution in [3.63, 3.8) is 0 Å². The number of aliphatic imine (C=N–C) groups is 1. The minimum atomic E-state index is -3.49. The standard InChI is InChI=1S/C34H46FN2O5PS/c1-32(2,3)19-18-28(23-12-14-24(15-13-23)31(39)42-43(7)35)37-30(38)29(25-10-9-11-27(22-25)44(8,40)41)36-34(37)20-16-26(17-21-34)33(4,5)6/h9-15,22,26,28H,16-21H2,1-8H3. The highest BCUT2D eigenvalue weighted by Crippen LogP contribution is 2.50. The van der Waals surface area contributed by atoms with Crippen molar-refractivity contribution in [2.45, 2.75) is 96.7 Å². The molecule has 10 heteroatoms. The van der Waals surface area contributed by atoms with Gasteiger partial charge in [0.25, 0.3) is 14.4 Å². The summed E-state index contributed by atoms with van der Waals surface area (Å²) in [5.41, 5.74) is 1.23. The molecule has 44 heavy (non-hydrogen) atoms. The molecule has 1 heterocycles. The van der Waals surface area contributed by atoms with Gasteiger partial charge in [-0.2, -0.15) is 4.20 Å². The van der Waals surface area contributed by atoms with Gasteiger partial charge < -0.3 is 9.42 Å². The second-order valence-electron chi connectivity index (χ2n) is 14.6. The van der Waals surface area contributed by atoms with E-state index in [2.05, 4.69) is 41.5 Å². The molecule has 0 N–H and O–H groups in total. The summed E-state index contributed by atoms with van der Waals surface area (Å²) in [6, 6.07) is 13.0. The zero-order valence-corrected chi connectivity index (χ0v) is 28.9. The molecule has 1 saturated carbocycles. The molecule has 0 bridgehead atoms. The van der Waals surface area contributed by atoms with Gasteiger partial charge in [-0.15, -0.1) is 0 Å². The van der Waals surface area contributed by atoms with E-state index in [-0.39, 0.29) is 38.9 Å². The lowest BCUT2D eigenvalue weighted by atomic mass is 9.69. The van der Waals surface area contributed by atoms with Gasteiger partial charge in [-0.05, 0) is 85.1 Å². The number of carbonyl (C=O) groups is 2. The van der Waals surface area contributed by atoms with Crippen LogP contribution in [-0.4, -0.2) is 49.5 Å². The van der Waals surface area contributed by atoms with Crippen molar-refractivity contribution < 1.29 is 26.7 Å². The number of carbonyl (C=O) groups excluding carboxylic acids is 2. The van der Waals surface area contributed by atoms with Gasteiger partial charge in [0.1, 0.15) is 11.4 Å². The maximum absolute atomic E-state index is 14.6. The van der Waals surface area contributed by atoms with E-state index in [0.29, 0.717) is 30.7 Å². The van der Waals surface area contributed by atoms with E-state index >= 15 is 0 Å². The van der Waals surface area contributed by atoms with Crippen LogP contribution in [0, 0.1) is 16.7 Å². The van der Waals surface area contributed by atoms with Gasteiger partial charge in [0.15, 0.2) is 9.84 Å². The first-order valence-corrected chi connectivity index (χ1v) is 18.8. The largest absolute Gasteiger partial charge is 0.409 e. The zero-order chi connectivity index (χ0) is 32.7. The second-order valence-corrected chi connectivity index (χ2v) is 17.6. The Labute approximate surface area is 263 Å². The number of rotatable bonds is 8. The molecule has 1 amide bonds. The van der Waals surface area contributed by atoms with Crippen LogP contribution in [0.5, 0.6) is 0 Å². The van der Waals surface area contributed by atoms with E-state index in [1.54, 1.807) is 30.3 Å². The first kappa shape index (κ1) is 34.2. The number of amides is 1. The van der Waals surface area contributed by atoms with Crippen LogP contribution in [0.2, 0.25) is 0 Å². The Bertz CT molecular complexity index is 1520. The lowest BCUT2D eigenvalue weighted by Crippen LogP contribution is -2.51. The third-order valence-electron chi connectivity index (χ3n) is 8.96. The predicted octanol–water partition coefficient (Wildman–Crippen LogP) is 8.29. The molecule has 1 fully saturated rings. The van der Waals surface area contributed by atoms with Crippen molar-refractivity contribution >= 4 is 35.9 Å². The van der Waals surface area contributed by atoms with Crippen LogP contribution in [0.1, 0.15) is 108 Å². The Hall–Kier alpha value is -2.64. The Morgan fingerprint density at radius 2 is 1.70 bits per heavy atom. The maximum atomic E-state index is 14.6. The van der Waals surface area contributed by atoms with Gasteiger partial charge in [-0.1, -0.05) is 65.8 Å². The first-order valence-electron chi connectivity index (χ1n) is 15.3. The van der Waals surface area contributed by atoms with E-state index in [1.165, 1.54) is 12.7 Å². The van der Waals surface area contributed by atoms with Gasteiger partial charge >= 0.3 is 5.97 Å². The van der Waals surface area contributed by atoms with Crippen molar-refractivity contribution in [2.24, 2.45) is 21.7 Å². The molecular formula is C34H46FN2O5PS. The summed E-state index contributed by atoms with van der Waals surface area (Å²) in [6.07, 6.45) is 5.86. The zero-order valence-electron chi connectivity index (χ0n) is 27.2. The maximum Gasteiger partial charge on any atom is 0.342 e. The van der Waals surface area contributed by atoms with Gasteiger partial charge in [-0.3, -0.25) is 9.79 Å². The highest BCUT2D eigenvalue weighted by Gasteiger charge is 2.52. The smallest absolute Gasteiger partial charge is 0.342 e. The van der Waals surface area contributed by atoms with Gasteiger partial charge in [0, 0.05) is 18.5 Å². The molecule has 2 aliphatic rings. The molecule has 0 aromatic heterocycles. The molecule has 2 aromatic rings. The summed E-state index contributed by atoms with van der Waals surface area (Å²) in [5, 5.41) is 0. The van der Waals surface area contributed by atoms with Crippen LogP contribution in [0.25, 0.3) is 0 Å². The summed E-state index contributed by atoms with van der Waals surface area (Å²) in [6.45, 7) is 14.5. The highest BCUT2D eigenvalue weighted by atomic mass is 32.2. The Morgan fingerprint density at radius 3 is 2.23 bits per heavy atom. The number of halogens is 1. The van der Waals surface area contributed by atoms with E-state index in [0.717, 1.165) is 31.1 Å². The third kappa shape index (κ3) is 7.77. The predicted molar refractivity (Wildman–Crippen MR) is 174 cm³/mol. The van der Waals surface area contributed by atoms with E-state index in [1.807, 2.05) is 17.0 Å². The van der Waals surface area contributed by atoms with E-state index < -0.39 is 29.9 Å². The lowest BCUT2D eigenvalue weighted by molar-refractivity contribution is -0.134. The van der Waals surface area contributed by atoms with Crippen LogP contribution < -0.4 is 0 Å². The van der Waals surface area contributed by atoms with Crippen molar-refractivity contribution in [1.82, 2.24) is 4.90 Å². The number of hydrogen-bond donors (Lipinski definition) is 0. The fourth-order valence-corrected chi connectivity index (χ4v) is 7.43. The fraction of sp³-hybridized carbons (Fsp3) is 0.559. The van der Waals surface area contributed by atoms with Crippen LogP contribution in [0.4, 0.5) is 4.20 Å². The highest BCUT2D eigenvalue weighted by molar-refractivity contribution is 7.90. The molecule has 1 aliphatic heterocycles. The van der Waals surface area contributed by atoms with Crippen LogP contribution >= 0.6 is 8.46 Å². The monoisotopic (exact) mass is 644 g/mol. The summed E-state index contributed by atoms with van der Waals surface area (Å²) in [5.74, 6) is -0.457. The molecule has 0 saturated heterocycles. The number of hydrogen-bond acceptors (Lipinski definition) is 6. The molecule has 0 radical (unpaired) electrons. The topological polar surface area (TPSA) is 93.1 Å². The minimum Gasteiger partial charge on any atom is -0.409 e. The number of benzene rings is 2. The molecule has 1 aliphatic carbocycles. The quantitative estimate of drug-likeness (QED) is 0.270. The molecule has 2 unspecified atom stereocenters. The molecule has 2 atom stereocenters. The number of sulfone groups is 1. The summed E-state index contributed by atoms with van der Waals surface area (Å²) >= 11 is 0. The van der Waals surface area contributed by atoms with Crippen LogP contribution in [0.15, 0.2) is 58.4 Å². The van der Waals surface area contributed by atoms with Crippen molar-refractivity contribution in [2.75, 3.05) is 12.9 Å². The van der Waals surface area contributed by atoms with Crippen molar-refractivity contribution in [3.8, 4) is 0 Å². The van der Waals surface area contributed by atoms with E-state index in [9.17, 15) is 22.2 Å². The molecule has 240 valence electrons. The van der Waals surface area contributed by atoms with Crippen LogP contribution in [0.3, 0.4) is 0 Å². The summed E-state index contributed by atoms with van der Waals surface area (Å²) in [4.78, 5) is 34.3. The molecule has 7 nitrogen and oxygen atoms in total. The average Bonchev–Trinajstić information content (AvgIpc) is 3.19. The molecule has 2 aromatic carbocycles. The SMILES string of the molecule is CP(F)OC(=O)c1ccc(C(CCC(C)(C)C)N2C(=O)C(c3cccc(S(C)(=O)=O)c3)=NC23CCC(C(C)(C)C)CC3)cc1. The molecular weight excluding hydrogens is 598 g/mol. The van der Waals surface area contributed by atoms with Gasteiger partial charge in [-0.25, -0.2) is 13.2 Å². The summed E-state index contributed by atoms with van der Waals surface area (Å²) < 4.78 is 43.0. The number of nitrogens with zero attached hydrogens (tertiary/aromatic N) is 2. The van der Waals surface area contributed by atoms with Crippen molar-refractivity contribution in [1.29, 1.82) is 0 Å². The van der Waals surface area contributed by atoms with Crippen molar-refractivity contribution in [3.05, 3.63) is 65.2 Å². The average molecular weight is 645 g/mol. The van der Waals surface area contributed by atoms with Gasteiger partial charge in [0.05, 0.1) is 16.5 Å². The Kier molecular flexibility index (Phi) is 9.83. The minimum absolute atomic E-state index is 0.00520. The normalized spacial score (nSPS) is 22.6. The molecule has 4 rings (SSSR count). The molecule has 1 spiro atoms.